The molecule has 80 valence electrons. The van der Waals surface area contributed by atoms with Gasteiger partial charge in [0.2, 0.25) is 0 Å². The van der Waals surface area contributed by atoms with Crippen molar-refractivity contribution in [3.05, 3.63) is 12.2 Å². The van der Waals surface area contributed by atoms with Crippen LogP contribution in [-0.2, 0) is 14.3 Å². The van der Waals surface area contributed by atoms with Crippen molar-refractivity contribution >= 4 is 11.8 Å². The molecule has 0 fully saturated rings. The van der Waals surface area contributed by atoms with Crippen LogP contribution in [0.4, 0.5) is 0 Å². The van der Waals surface area contributed by atoms with Gasteiger partial charge in [-0.15, -0.1) is 0 Å². The molecule has 0 saturated carbocycles. The Morgan fingerprint density at radius 2 is 1.86 bits per heavy atom. The number of Topliss-reactive ketones (excluding diaryl/α,β-unsaturated/α-hetero) is 1. The highest BCUT2D eigenvalue weighted by Gasteiger charge is 2.27. The van der Waals surface area contributed by atoms with Gasteiger partial charge >= 0.3 is 5.97 Å². The van der Waals surface area contributed by atoms with Crippen LogP contribution in [-0.4, -0.2) is 18.4 Å². The summed E-state index contributed by atoms with van der Waals surface area (Å²) in [6.07, 6.45) is 0.688. The Hall–Kier alpha value is -1.12. The van der Waals surface area contributed by atoms with Crippen molar-refractivity contribution in [3.8, 4) is 0 Å². The molecule has 0 saturated heterocycles. The SMILES string of the molecule is C=C(C)C(=O)COC(=O)C(C)(C)CC. The number of carbonyl (C=O) groups excluding carboxylic acids is 2. The second-order valence-electron chi connectivity index (χ2n) is 4.02. The van der Waals surface area contributed by atoms with Gasteiger partial charge < -0.3 is 4.74 Å². The van der Waals surface area contributed by atoms with E-state index in [9.17, 15) is 9.59 Å². The molecular weight excluding hydrogens is 180 g/mol. The van der Waals surface area contributed by atoms with E-state index in [1.165, 1.54) is 0 Å². The molecule has 0 bridgehead atoms. The lowest BCUT2D eigenvalue weighted by atomic mass is 9.91. The van der Waals surface area contributed by atoms with E-state index in [4.69, 9.17) is 4.74 Å². The summed E-state index contributed by atoms with van der Waals surface area (Å²) in [6, 6.07) is 0. The molecular formula is C11H18O3. The lowest BCUT2D eigenvalue weighted by Gasteiger charge is -2.19. The Morgan fingerprint density at radius 1 is 1.36 bits per heavy atom. The molecule has 0 aliphatic carbocycles. The van der Waals surface area contributed by atoms with E-state index in [1.807, 2.05) is 6.92 Å². The van der Waals surface area contributed by atoms with Crippen molar-refractivity contribution in [2.75, 3.05) is 6.61 Å². The van der Waals surface area contributed by atoms with Gasteiger partial charge in [0, 0.05) is 0 Å². The highest BCUT2D eigenvalue weighted by molar-refractivity contribution is 5.96. The van der Waals surface area contributed by atoms with E-state index in [2.05, 4.69) is 6.58 Å². The first-order valence-electron chi connectivity index (χ1n) is 4.67. The Kier molecular flexibility index (Phi) is 4.54. The normalized spacial score (nSPS) is 10.9. The summed E-state index contributed by atoms with van der Waals surface area (Å²) in [5, 5.41) is 0. The molecule has 3 heteroatoms. The van der Waals surface area contributed by atoms with Crippen LogP contribution in [0.5, 0.6) is 0 Å². The molecule has 0 rings (SSSR count). The molecule has 0 N–H and O–H groups in total. The first-order valence-corrected chi connectivity index (χ1v) is 4.67. The maximum Gasteiger partial charge on any atom is 0.311 e. The highest BCUT2D eigenvalue weighted by Crippen LogP contribution is 2.21. The first kappa shape index (κ1) is 12.9. The predicted molar refractivity (Wildman–Crippen MR) is 54.9 cm³/mol. The van der Waals surface area contributed by atoms with E-state index >= 15 is 0 Å². The van der Waals surface area contributed by atoms with Crippen molar-refractivity contribution in [3.63, 3.8) is 0 Å². The third kappa shape index (κ3) is 3.73. The number of hydrogen-bond acceptors (Lipinski definition) is 3. The average molecular weight is 198 g/mol. The number of ketones is 1. The molecule has 0 aromatic heterocycles. The number of hydrogen-bond donors (Lipinski definition) is 0. The van der Waals surface area contributed by atoms with Gasteiger partial charge in [0.05, 0.1) is 5.41 Å². The van der Waals surface area contributed by atoms with Crippen LogP contribution in [0.15, 0.2) is 12.2 Å². The number of rotatable bonds is 5. The van der Waals surface area contributed by atoms with E-state index < -0.39 is 5.41 Å². The van der Waals surface area contributed by atoms with Crippen LogP contribution in [0.2, 0.25) is 0 Å². The zero-order chi connectivity index (χ0) is 11.4. The lowest BCUT2D eigenvalue weighted by molar-refractivity contribution is -0.156. The largest absolute Gasteiger partial charge is 0.457 e. The van der Waals surface area contributed by atoms with Crippen molar-refractivity contribution in [1.82, 2.24) is 0 Å². The van der Waals surface area contributed by atoms with E-state index in [-0.39, 0.29) is 18.4 Å². The summed E-state index contributed by atoms with van der Waals surface area (Å²) < 4.78 is 4.87. The zero-order valence-electron chi connectivity index (χ0n) is 9.35. The van der Waals surface area contributed by atoms with Gasteiger partial charge in [-0.25, -0.2) is 0 Å². The van der Waals surface area contributed by atoms with E-state index in [0.717, 1.165) is 0 Å². The fourth-order valence-electron chi connectivity index (χ4n) is 0.594. The van der Waals surface area contributed by atoms with Gasteiger partial charge in [0.25, 0.3) is 0 Å². The fourth-order valence-corrected chi connectivity index (χ4v) is 0.594. The molecule has 0 spiro atoms. The molecule has 0 aromatic carbocycles. The smallest absolute Gasteiger partial charge is 0.311 e. The van der Waals surface area contributed by atoms with Crippen LogP contribution in [0.1, 0.15) is 34.1 Å². The van der Waals surface area contributed by atoms with Gasteiger partial charge in [-0.2, -0.15) is 0 Å². The van der Waals surface area contributed by atoms with Crippen molar-refractivity contribution < 1.29 is 14.3 Å². The maximum atomic E-state index is 11.4. The maximum absolute atomic E-state index is 11.4. The Balaban J connectivity index is 4.10. The summed E-state index contributed by atoms with van der Waals surface area (Å²) in [7, 11) is 0. The number of carbonyl (C=O) groups is 2. The van der Waals surface area contributed by atoms with Crippen LogP contribution >= 0.6 is 0 Å². The van der Waals surface area contributed by atoms with E-state index in [1.54, 1.807) is 20.8 Å². The second-order valence-corrected chi connectivity index (χ2v) is 4.02. The lowest BCUT2D eigenvalue weighted by Crippen LogP contribution is -2.27. The quantitative estimate of drug-likeness (QED) is 0.502. The monoisotopic (exact) mass is 198 g/mol. The van der Waals surface area contributed by atoms with Crippen LogP contribution in [0.3, 0.4) is 0 Å². The van der Waals surface area contributed by atoms with Crippen LogP contribution in [0.25, 0.3) is 0 Å². The summed E-state index contributed by atoms with van der Waals surface area (Å²) in [5.41, 5.74) is -0.109. The van der Waals surface area contributed by atoms with Gasteiger partial charge in [-0.05, 0) is 32.8 Å². The summed E-state index contributed by atoms with van der Waals surface area (Å²) >= 11 is 0. The second kappa shape index (κ2) is 4.94. The highest BCUT2D eigenvalue weighted by atomic mass is 16.5. The molecule has 0 amide bonds. The number of esters is 1. The third-order valence-electron chi connectivity index (χ3n) is 2.25. The molecule has 0 atom stereocenters. The van der Waals surface area contributed by atoms with Gasteiger partial charge in [0.15, 0.2) is 12.4 Å². The van der Waals surface area contributed by atoms with Crippen molar-refractivity contribution in [2.24, 2.45) is 5.41 Å². The Bertz CT molecular complexity index is 251. The molecule has 0 aliphatic rings. The van der Waals surface area contributed by atoms with Gasteiger partial charge in [0.1, 0.15) is 0 Å². The molecule has 0 heterocycles. The van der Waals surface area contributed by atoms with Crippen LogP contribution < -0.4 is 0 Å². The molecule has 0 unspecified atom stereocenters. The standard InChI is InChI=1S/C11H18O3/c1-6-11(4,5)10(13)14-7-9(12)8(2)3/h2,6-7H2,1,3-5H3. The average Bonchev–Trinajstić information content (AvgIpc) is 2.13. The van der Waals surface area contributed by atoms with Crippen molar-refractivity contribution in [1.29, 1.82) is 0 Å². The van der Waals surface area contributed by atoms with Gasteiger partial charge in [-0.1, -0.05) is 13.5 Å². The minimum atomic E-state index is -0.518. The summed E-state index contributed by atoms with van der Waals surface area (Å²) in [4.78, 5) is 22.5. The minimum absolute atomic E-state index is 0.197. The summed E-state index contributed by atoms with van der Waals surface area (Å²) in [5.74, 6) is -0.570. The molecule has 3 nitrogen and oxygen atoms in total. The molecule has 14 heavy (non-hydrogen) atoms. The zero-order valence-corrected chi connectivity index (χ0v) is 9.35. The van der Waals surface area contributed by atoms with Gasteiger partial charge in [-0.3, -0.25) is 9.59 Å². The molecule has 0 radical (unpaired) electrons. The topological polar surface area (TPSA) is 43.4 Å². The number of ether oxygens (including phenoxy) is 1. The van der Waals surface area contributed by atoms with Crippen molar-refractivity contribution in [2.45, 2.75) is 34.1 Å². The Labute approximate surface area is 85.1 Å². The van der Waals surface area contributed by atoms with E-state index in [0.29, 0.717) is 12.0 Å². The Morgan fingerprint density at radius 3 is 2.21 bits per heavy atom. The fraction of sp³-hybridized carbons (Fsp3) is 0.636. The predicted octanol–water partition coefficient (Wildman–Crippen LogP) is 2.11. The third-order valence-corrected chi connectivity index (χ3v) is 2.25. The first-order chi connectivity index (χ1) is 6.31. The molecule has 0 aromatic rings. The molecule has 0 aliphatic heterocycles. The summed E-state index contributed by atoms with van der Waals surface area (Å²) in [6.45, 7) is 10.4. The minimum Gasteiger partial charge on any atom is -0.457 e. The van der Waals surface area contributed by atoms with Crippen LogP contribution in [0, 0.1) is 5.41 Å².